The summed E-state index contributed by atoms with van der Waals surface area (Å²) < 4.78 is 6.38. The van der Waals surface area contributed by atoms with Crippen molar-refractivity contribution in [1.29, 1.82) is 0 Å². The smallest absolute Gasteiger partial charge is 0.233 e. The van der Waals surface area contributed by atoms with Crippen molar-refractivity contribution in [3.05, 3.63) is 50.5 Å². The average Bonchev–Trinajstić information content (AvgIpc) is 2.21. The molecule has 2 nitrogen and oxygen atoms in total. The number of ether oxygens (including phenoxy) is 1. The fourth-order valence-electron chi connectivity index (χ4n) is 1.30. The molecule has 0 spiro atoms. The summed E-state index contributed by atoms with van der Waals surface area (Å²) in [5.41, 5.74) is 1.05. The van der Waals surface area contributed by atoms with Crippen molar-refractivity contribution in [1.82, 2.24) is 4.98 Å². The van der Waals surface area contributed by atoms with Gasteiger partial charge >= 0.3 is 0 Å². The minimum absolute atomic E-state index is 0.480. The van der Waals surface area contributed by atoms with Gasteiger partial charge in [-0.3, -0.25) is 0 Å². The summed E-state index contributed by atoms with van der Waals surface area (Å²) in [6.45, 7) is 1.96. The Hall–Kier alpha value is -0.770. The number of nitrogens with zero attached hydrogens (tertiary/aromatic N) is 1. The van der Waals surface area contributed by atoms with Crippen LogP contribution in [0.15, 0.2) is 34.9 Å². The molecule has 0 radical (unpaired) electrons. The lowest BCUT2D eigenvalue weighted by Gasteiger charge is -2.07. The molecular weight excluding hydrogens is 325 g/mol. The van der Waals surface area contributed by atoms with Crippen molar-refractivity contribution in [3.63, 3.8) is 0 Å². The van der Waals surface area contributed by atoms with Crippen LogP contribution in [0.2, 0.25) is 10.0 Å². The normalized spacial score (nSPS) is 10.4. The summed E-state index contributed by atoms with van der Waals surface area (Å²) in [5.74, 6) is 1.04. The number of pyridine rings is 1. The molecule has 88 valence electrons. The van der Waals surface area contributed by atoms with E-state index in [0.29, 0.717) is 21.7 Å². The Labute approximate surface area is 118 Å². The predicted molar refractivity (Wildman–Crippen MR) is 73.2 cm³/mol. The van der Waals surface area contributed by atoms with Crippen LogP contribution in [0.1, 0.15) is 5.56 Å². The van der Waals surface area contributed by atoms with Crippen molar-refractivity contribution in [2.45, 2.75) is 6.92 Å². The molecule has 0 aliphatic carbocycles. The number of benzene rings is 1. The van der Waals surface area contributed by atoms with E-state index in [-0.39, 0.29) is 0 Å². The largest absolute Gasteiger partial charge is 0.438 e. The van der Waals surface area contributed by atoms with Crippen LogP contribution in [0.3, 0.4) is 0 Å². The van der Waals surface area contributed by atoms with Crippen LogP contribution in [-0.4, -0.2) is 4.98 Å². The molecule has 1 aromatic heterocycles. The maximum absolute atomic E-state index is 5.88. The van der Waals surface area contributed by atoms with Crippen LogP contribution in [-0.2, 0) is 0 Å². The molecule has 17 heavy (non-hydrogen) atoms. The van der Waals surface area contributed by atoms with Crippen molar-refractivity contribution >= 4 is 39.1 Å². The molecule has 1 heterocycles. The summed E-state index contributed by atoms with van der Waals surface area (Å²) in [7, 11) is 0. The van der Waals surface area contributed by atoms with Gasteiger partial charge in [-0.2, -0.15) is 0 Å². The van der Waals surface area contributed by atoms with Gasteiger partial charge in [0.1, 0.15) is 5.75 Å². The standard InChI is InChI=1S/C12H8BrCl2NO/c1-7-2-11(13)12(16-6-7)17-10-4-8(14)3-9(15)5-10/h2-6H,1H3. The number of aromatic nitrogens is 1. The molecule has 2 aromatic rings. The minimum atomic E-state index is 0.480. The Morgan fingerprint density at radius 1 is 1.12 bits per heavy atom. The lowest BCUT2D eigenvalue weighted by Crippen LogP contribution is -1.90. The molecule has 0 bridgehead atoms. The second kappa shape index (κ2) is 5.25. The average molecular weight is 333 g/mol. The van der Waals surface area contributed by atoms with Gasteiger partial charge in [-0.1, -0.05) is 23.2 Å². The van der Waals surface area contributed by atoms with E-state index in [0.717, 1.165) is 10.0 Å². The monoisotopic (exact) mass is 331 g/mol. The molecular formula is C12H8BrCl2NO. The van der Waals surface area contributed by atoms with Gasteiger partial charge in [-0.15, -0.1) is 0 Å². The van der Waals surface area contributed by atoms with E-state index in [1.165, 1.54) is 0 Å². The number of hydrogen-bond donors (Lipinski definition) is 0. The predicted octanol–water partition coefficient (Wildman–Crippen LogP) is 5.25. The summed E-state index contributed by atoms with van der Waals surface area (Å²) in [6.07, 6.45) is 1.73. The first-order chi connectivity index (χ1) is 8.04. The first-order valence-corrected chi connectivity index (χ1v) is 6.35. The third kappa shape index (κ3) is 3.35. The Balaban J connectivity index is 2.31. The van der Waals surface area contributed by atoms with Crippen molar-refractivity contribution < 1.29 is 4.74 Å². The molecule has 0 saturated carbocycles. The molecule has 1 aromatic carbocycles. The van der Waals surface area contributed by atoms with Crippen LogP contribution < -0.4 is 4.74 Å². The Bertz CT molecular complexity index is 540. The van der Waals surface area contributed by atoms with Crippen molar-refractivity contribution in [2.75, 3.05) is 0 Å². The topological polar surface area (TPSA) is 22.1 Å². The van der Waals surface area contributed by atoms with E-state index in [9.17, 15) is 0 Å². The number of rotatable bonds is 2. The molecule has 0 amide bonds. The molecule has 0 fully saturated rings. The maximum atomic E-state index is 5.88. The summed E-state index contributed by atoms with van der Waals surface area (Å²) >= 11 is 15.2. The Morgan fingerprint density at radius 2 is 1.76 bits per heavy atom. The lowest BCUT2D eigenvalue weighted by atomic mass is 10.3. The Morgan fingerprint density at radius 3 is 2.35 bits per heavy atom. The van der Waals surface area contributed by atoms with Gasteiger partial charge in [-0.05, 0) is 52.7 Å². The molecule has 0 atom stereocenters. The summed E-state index contributed by atoms with van der Waals surface area (Å²) in [4.78, 5) is 4.18. The zero-order chi connectivity index (χ0) is 12.4. The lowest BCUT2D eigenvalue weighted by molar-refractivity contribution is 0.459. The molecule has 2 rings (SSSR count). The highest BCUT2D eigenvalue weighted by Crippen LogP contribution is 2.31. The van der Waals surface area contributed by atoms with Gasteiger partial charge in [0.2, 0.25) is 5.88 Å². The quantitative estimate of drug-likeness (QED) is 0.749. The highest BCUT2D eigenvalue weighted by Gasteiger charge is 2.06. The first-order valence-electron chi connectivity index (χ1n) is 4.81. The summed E-state index contributed by atoms with van der Waals surface area (Å²) in [5, 5.41) is 1.05. The molecule has 0 aliphatic rings. The van der Waals surface area contributed by atoms with Gasteiger partial charge < -0.3 is 4.74 Å². The van der Waals surface area contributed by atoms with E-state index in [2.05, 4.69) is 20.9 Å². The molecule has 0 N–H and O–H groups in total. The fourth-order valence-corrected chi connectivity index (χ4v) is 2.35. The third-order valence-corrected chi connectivity index (χ3v) is 3.00. The third-order valence-electron chi connectivity index (χ3n) is 1.99. The van der Waals surface area contributed by atoms with Crippen molar-refractivity contribution in [3.8, 4) is 11.6 Å². The van der Waals surface area contributed by atoms with Crippen LogP contribution >= 0.6 is 39.1 Å². The van der Waals surface area contributed by atoms with E-state index < -0.39 is 0 Å². The second-order valence-corrected chi connectivity index (χ2v) is 5.23. The fraction of sp³-hybridized carbons (Fsp3) is 0.0833. The van der Waals surface area contributed by atoms with E-state index in [1.807, 2.05) is 13.0 Å². The van der Waals surface area contributed by atoms with Crippen LogP contribution in [0, 0.1) is 6.92 Å². The SMILES string of the molecule is Cc1cnc(Oc2cc(Cl)cc(Cl)c2)c(Br)c1. The highest BCUT2D eigenvalue weighted by molar-refractivity contribution is 9.10. The van der Waals surface area contributed by atoms with Gasteiger partial charge in [0.25, 0.3) is 0 Å². The molecule has 0 unspecified atom stereocenters. The molecule has 0 saturated heterocycles. The van der Waals surface area contributed by atoms with Crippen molar-refractivity contribution in [2.24, 2.45) is 0 Å². The van der Waals surface area contributed by atoms with E-state index in [1.54, 1.807) is 24.4 Å². The maximum Gasteiger partial charge on any atom is 0.233 e. The molecule has 5 heteroatoms. The minimum Gasteiger partial charge on any atom is -0.438 e. The zero-order valence-electron chi connectivity index (χ0n) is 8.88. The summed E-state index contributed by atoms with van der Waals surface area (Å²) in [6, 6.07) is 6.94. The molecule has 0 aliphatic heterocycles. The van der Waals surface area contributed by atoms with Gasteiger partial charge in [-0.25, -0.2) is 4.98 Å². The Kier molecular flexibility index (Phi) is 3.92. The zero-order valence-corrected chi connectivity index (χ0v) is 12.0. The van der Waals surface area contributed by atoms with Crippen LogP contribution in [0.4, 0.5) is 0 Å². The first kappa shape index (κ1) is 12.7. The second-order valence-electron chi connectivity index (χ2n) is 3.51. The van der Waals surface area contributed by atoms with E-state index in [4.69, 9.17) is 27.9 Å². The van der Waals surface area contributed by atoms with Gasteiger partial charge in [0, 0.05) is 16.2 Å². The number of aryl methyl sites for hydroxylation is 1. The van der Waals surface area contributed by atoms with Gasteiger partial charge in [0.15, 0.2) is 0 Å². The van der Waals surface area contributed by atoms with Crippen LogP contribution in [0.25, 0.3) is 0 Å². The van der Waals surface area contributed by atoms with E-state index >= 15 is 0 Å². The van der Waals surface area contributed by atoms with Gasteiger partial charge in [0.05, 0.1) is 4.47 Å². The van der Waals surface area contributed by atoms with Crippen LogP contribution in [0.5, 0.6) is 11.6 Å². The highest BCUT2D eigenvalue weighted by atomic mass is 79.9. The number of hydrogen-bond acceptors (Lipinski definition) is 2. The number of halogens is 3.